The van der Waals surface area contributed by atoms with Gasteiger partial charge in [0.05, 0.1) is 6.54 Å². The van der Waals surface area contributed by atoms with Gasteiger partial charge in [0.25, 0.3) is 0 Å². The molecule has 0 heterocycles. The lowest BCUT2D eigenvalue weighted by molar-refractivity contribution is 0.474. The Bertz CT molecular complexity index is 332. The first-order valence-electron chi connectivity index (χ1n) is 3.25. The molecule has 0 radical (unpaired) electrons. The van der Waals surface area contributed by atoms with Crippen LogP contribution in [0.3, 0.4) is 0 Å². The van der Waals surface area contributed by atoms with Gasteiger partial charge in [-0.2, -0.15) is 0 Å². The van der Waals surface area contributed by atoms with Gasteiger partial charge in [-0.1, -0.05) is 15.9 Å². The second-order valence-electron chi connectivity index (χ2n) is 2.18. The maximum atomic E-state index is 9.80. The fourth-order valence-corrected chi connectivity index (χ4v) is 1.17. The molecule has 0 aromatic heterocycles. The van der Waals surface area contributed by atoms with Crippen LogP contribution >= 0.6 is 15.9 Å². The fourth-order valence-electron chi connectivity index (χ4n) is 0.800. The smallest absolute Gasteiger partial charge is 0.235 e. The van der Waals surface area contributed by atoms with Gasteiger partial charge in [-0.3, -0.25) is 0 Å². The summed E-state index contributed by atoms with van der Waals surface area (Å²) >= 11 is 3.26. The molecule has 0 aliphatic heterocycles. The summed E-state index contributed by atoms with van der Waals surface area (Å²) < 4.78 is 0.819. The van der Waals surface area contributed by atoms with E-state index in [1.807, 2.05) is 0 Å². The Labute approximate surface area is 77.9 Å². The van der Waals surface area contributed by atoms with E-state index in [2.05, 4.69) is 20.9 Å². The third-order valence-electron chi connectivity index (χ3n) is 1.34. The zero-order valence-corrected chi connectivity index (χ0v) is 7.71. The fraction of sp³-hybridized carbons (Fsp3) is 0.125. The van der Waals surface area contributed by atoms with Gasteiger partial charge in [0.1, 0.15) is 5.75 Å². The highest BCUT2D eigenvalue weighted by molar-refractivity contribution is 9.10. The second-order valence-corrected chi connectivity index (χ2v) is 3.04. The van der Waals surface area contributed by atoms with E-state index in [0.717, 1.165) is 10.0 Å². The molecule has 12 heavy (non-hydrogen) atoms. The van der Waals surface area contributed by atoms with Crippen molar-refractivity contribution in [2.75, 3.05) is 0 Å². The van der Waals surface area contributed by atoms with E-state index >= 15 is 0 Å². The molecule has 0 spiro atoms. The molecule has 1 aromatic rings. The average Bonchev–Trinajstić information content (AvgIpc) is 2.07. The largest absolute Gasteiger partial charge is 0.508 e. The van der Waals surface area contributed by atoms with Crippen molar-refractivity contribution in [2.24, 2.45) is 4.99 Å². The zero-order valence-electron chi connectivity index (χ0n) is 6.12. The molecule has 0 aliphatic carbocycles. The first-order valence-corrected chi connectivity index (χ1v) is 4.04. The normalized spacial score (nSPS) is 9.08. The summed E-state index contributed by atoms with van der Waals surface area (Å²) in [4.78, 5) is 13.2. The Morgan fingerprint density at radius 3 is 3.00 bits per heavy atom. The van der Waals surface area contributed by atoms with Crippen LogP contribution in [0.15, 0.2) is 27.7 Å². The molecule has 1 rings (SSSR count). The van der Waals surface area contributed by atoms with Gasteiger partial charge in [-0.05, 0) is 23.8 Å². The number of carbonyl (C=O) groups excluding carboxylic acids is 1. The lowest BCUT2D eigenvalue weighted by Crippen LogP contribution is -1.82. The number of benzene rings is 1. The molecular weight excluding hydrogens is 222 g/mol. The summed E-state index contributed by atoms with van der Waals surface area (Å²) in [7, 11) is 0. The molecule has 1 aromatic carbocycles. The van der Waals surface area contributed by atoms with Gasteiger partial charge in [0.2, 0.25) is 6.08 Å². The number of halogens is 1. The number of aliphatic imine (C=N–C) groups is 1. The van der Waals surface area contributed by atoms with E-state index in [9.17, 15) is 4.79 Å². The molecule has 4 heteroatoms. The minimum absolute atomic E-state index is 0.161. The summed E-state index contributed by atoms with van der Waals surface area (Å²) in [6.45, 7) is 0.235. The van der Waals surface area contributed by atoms with Crippen LogP contribution in [0.1, 0.15) is 5.56 Å². The average molecular weight is 228 g/mol. The van der Waals surface area contributed by atoms with Gasteiger partial charge in [0, 0.05) is 4.47 Å². The van der Waals surface area contributed by atoms with Crippen molar-refractivity contribution in [1.82, 2.24) is 0 Å². The van der Waals surface area contributed by atoms with Crippen molar-refractivity contribution in [3.8, 4) is 5.75 Å². The van der Waals surface area contributed by atoms with E-state index in [0.29, 0.717) is 0 Å². The Morgan fingerprint density at radius 2 is 2.33 bits per heavy atom. The molecule has 0 fully saturated rings. The van der Waals surface area contributed by atoms with Crippen LogP contribution < -0.4 is 0 Å². The zero-order chi connectivity index (χ0) is 8.97. The molecule has 62 valence electrons. The first kappa shape index (κ1) is 8.97. The lowest BCUT2D eigenvalue weighted by Gasteiger charge is -1.99. The Hall–Kier alpha value is -1.12. The Morgan fingerprint density at radius 1 is 1.58 bits per heavy atom. The van der Waals surface area contributed by atoms with Crippen molar-refractivity contribution in [2.45, 2.75) is 6.54 Å². The molecule has 0 aliphatic rings. The van der Waals surface area contributed by atoms with Crippen molar-refractivity contribution >= 4 is 22.0 Å². The van der Waals surface area contributed by atoms with E-state index in [-0.39, 0.29) is 12.3 Å². The molecular formula is C8H6BrNO2. The summed E-state index contributed by atoms with van der Waals surface area (Å²) in [5, 5.41) is 9.08. The minimum Gasteiger partial charge on any atom is -0.508 e. The third kappa shape index (κ3) is 2.19. The van der Waals surface area contributed by atoms with Crippen molar-refractivity contribution in [1.29, 1.82) is 0 Å². The monoisotopic (exact) mass is 227 g/mol. The van der Waals surface area contributed by atoms with Gasteiger partial charge in [-0.25, -0.2) is 9.79 Å². The topological polar surface area (TPSA) is 49.7 Å². The van der Waals surface area contributed by atoms with Crippen molar-refractivity contribution in [3.05, 3.63) is 28.2 Å². The number of hydrogen-bond donors (Lipinski definition) is 1. The minimum atomic E-state index is 0.161. The van der Waals surface area contributed by atoms with Crippen LogP contribution in [0.5, 0.6) is 5.75 Å². The molecule has 0 saturated heterocycles. The van der Waals surface area contributed by atoms with E-state index in [1.54, 1.807) is 18.2 Å². The predicted octanol–water partition coefficient (Wildman–Crippen LogP) is 1.99. The molecule has 0 amide bonds. The summed E-state index contributed by atoms with van der Waals surface area (Å²) in [6, 6.07) is 4.80. The number of nitrogens with zero attached hydrogens (tertiary/aromatic N) is 1. The van der Waals surface area contributed by atoms with Crippen LogP contribution in [0, 0.1) is 0 Å². The predicted molar refractivity (Wildman–Crippen MR) is 47.6 cm³/mol. The first-order chi connectivity index (χ1) is 5.74. The second kappa shape index (κ2) is 4.04. The highest BCUT2D eigenvalue weighted by Crippen LogP contribution is 2.21. The molecule has 1 N–H and O–H groups in total. The van der Waals surface area contributed by atoms with Gasteiger partial charge in [-0.15, -0.1) is 0 Å². The van der Waals surface area contributed by atoms with Crippen LogP contribution in [-0.2, 0) is 11.3 Å². The Kier molecular flexibility index (Phi) is 3.02. The van der Waals surface area contributed by atoms with Gasteiger partial charge < -0.3 is 5.11 Å². The third-order valence-corrected chi connectivity index (χ3v) is 2.12. The highest BCUT2D eigenvalue weighted by atomic mass is 79.9. The summed E-state index contributed by atoms with van der Waals surface area (Å²) in [5.41, 5.74) is 0.762. The number of phenolic OH excluding ortho intramolecular Hbond substituents is 1. The number of phenols is 1. The molecule has 0 saturated carbocycles. The number of hydrogen-bond acceptors (Lipinski definition) is 3. The SMILES string of the molecule is O=C=NCc1cc(O)ccc1Br. The van der Waals surface area contributed by atoms with Crippen LogP contribution in [0.2, 0.25) is 0 Å². The lowest BCUT2D eigenvalue weighted by atomic mass is 10.2. The van der Waals surface area contributed by atoms with Crippen LogP contribution in [0.25, 0.3) is 0 Å². The summed E-state index contributed by atoms with van der Waals surface area (Å²) in [6.07, 6.45) is 1.44. The molecule has 0 unspecified atom stereocenters. The molecule has 3 nitrogen and oxygen atoms in total. The van der Waals surface area contributed by atoms with Crippen LogP contribution in [-0.4, -0.2) is 11.2 Å². The quantitative estimate of drug-likeness (QED) is 0.621. The van der Waals surface area contributed by atoms with E-state index < -0.39 is 0 Å². The number of rotatable bonds is 2. The van der Waals surface area contributed by atoms with E-state index in [4.69, 9.17) is 5.11 Å². The van der Waals surface area contributed by atoms with Crippen LogP contribution in [0.4, 0.5) is 0 Å². The standard InChI is InChI=1S/C8H6BrNO2/c9-8-2-1-7(12)3-6(8)4-10-5-11/h1-3,12H,4H2. The maximum absolute atomic E-state index is 9.80. The number of isocyanates is 1. The van der Waals surface area contributed by atoms with Crippen molar-refractivity contribution < 1.29 is 9.90 Å². The van der Waals surface area contributed by atoms with E-state index in [1.165, 1.54) is 6.08 Å². The molecule has 0 atom stereocenters. The summed E-state index contributed by atoms with van der Waals surface area (Å²) in [5.74, 6) is 0.161. The molecule has 0 bridgehead atoms. The van der Waals surface area contributed by atoms with Crippen molar-refractivity contribution in [3.63, 3.8) is 0 Å². The van der Waals surface area contributed by atoms with Gasteiger partial charge in [0.15, 0.2) is 0 Å². The number of aromatic hydroxyl groups is 1. The Balaban J connectivity index is 2.96. The highest BCUT2D eigenvalue weighted by Gasteiger charge is 1.99. The van der Waals surface area contributed by atoms with Gasteiger partial charge >= 0.3 is 0 Å². The maximum Gasteiger partial charge on any atom is 0.235 e.